The van der Waals surface area contributed by atoms with Crippen LogP contribution in [0, 0.1) is 0 Å². The Hall–Kier alpha value is 0.769. The van der Waals surface area contributed by atoms with E-state index in [4.69, 9.17) is 0 Å². The van der Waals surface area contributed by atoms with Crippen LogP contribution in [0.2, 0.25) is 0 Å². The zero-order chi connectivity index (χ0) is 5.54. The number of halogens is 1. The molecule has 1 rings (SSSR count). The van der Waals surface area contributed by atoms with Crippen LogP contribution in [-0.4, -0.2) is 13.1 Å². The SMILES string of the molecule is C1CCNC1.[Cl][Mn]. The molecule has 1 N–H and O–H groups in total. The fourth-order valence-electron chi connectivity index (χ4n) is 0.625. The van der Waals surface area contributed by atoms with Gasteiger partial charge in [0.1, 0.15) is 0 Å². The Morgan fingerprint density at radius 1 is 1.14 bits per heavy atom. The van der Waals surface area contributed by atoms with Gasteiger partial charge in [0, 0.05) is 0 Å². The third-order valence-corrected chi connectivity index (χ3v) is 0.957. The zero-order valence-corrected chi connectivity index (χ0v) is 6.02. The van der Waals surface area contributed by atoms with Gasteiger partial charge in [0.2, 0.25) is 0 Å². The molecule has 1 aliphatic heterocycles. The molecule has 0 aliphatic carbocycles. The molecule has 0 atom stereocenters. The first-order valence-electron chi connectivity index (χ1n) is 2.35. The number of rotatable bonds is 0. The Labute approximate surface area is 56.9 Å². The molecule has 44 valence electrons. The van der Waals surface area contributed by atoms with Gasteiger partial charge in [-0.05, 0) is 25.9 Å². The van der Waals surface area contributed by atoms with E-state index in [1.54, 1.807) is 0 Å². The molecule has 0 aromatic heterocycles. The average molecular weight is 162 g/mol. The third kappa shape index (κ3) is 4.63. The monoisotopic (exact) mass is 161 g/mol. The molecule has 1 nitrogen and oxygen atoms in total. The average Bonchev–Trinajstić information content (AvgIpc) is 2.23. The first-order chi connectivity index (χ1) is 3.50. The second-order valence-corrected chi connectivity index (χ2v) is 1.46. The molecular formula is C4H9ClMnN. The molecule has 7 heavy (non-hydrogen) atoms. The van der Waals surface area contributed by atoms with E-state index >= 15 is 0 Å². The molecule has 1 saturated heterocycles. The normalized spacial score (nSPS) is 18.0. The van der Waals surface area contributed by atoms with Crippen LogP contribution < -0.4 is 5.32 Å². The van der Waals surface area contributed by atoms with E-state index in [2.05, 4.69) is 30.5 Å². The molecule has 1 heterocycles. The second-order valence-electron chi connectivity index (χ2n) is 1.46. The summed E-state index contributed by atoms with van der Waals surface area (Å²) < 4.78 is 0. The molecule has 1 aliphatic rings. The van der Waals surface area contributed by atoms with Crippen LogP contribution in [0.1, 0.15) is 12.8 Å². The topological polar surface area (TPSA) is 12.0 Å². The summed E-state index contributed by atoms with van der Waals surface area (Å²) in [6.07, 6.45) is 2.78. The predicted molar refractivity (Wildman–Crippen MR) is 28.0 cm³/mol. The maximum absolute atomic E-state index is 4.45. The van der Waals surface area contributed by atoms with Gasteiger partial charge in [-0.25, -0.2) is 0 Å². The van der Waals surface area contributed by atoms with Crippen LogP contribution in [0.4, 0.5) is 0 Å². The van der Waals surface area contributed by atoms with Crippen molar-refractivity contribution in [2.75, 3.05) is 13.1 Å². The van der Waals surface area contributed by atoms with Gasteiger partial charge >= 0.3 is 25.2 Å². The molecule has 3 heteroatoms. The Balaban J connectivity index is 0.000000162. The van der Waals surface area contributed by atoms with Gasteiger partial charge in [-0.15, -0.1) is 0 Å². The van der Waals surface area contributed by atoms with Crippen molar-refractivity contribution >= 4 is 10.1 Å². The van der Waals surface area contributed by atoms with E-state index in [1.807, 2.05) is 0 Å². The molecule has 0 spiro atoms. The van der Waals surface area contributed by atoms with E-state index in [0.717, 1.165) is 0 Å². The Bertz CT molecular complexity index is 23.3. The quantitative estimate of drug-likeness (QED) is 0.524. The van der Waals surface area contributed by atoms with Crippen molar-refractivity contribution in [1.82, 2.24) is 5.32 Å². The van der Waals surface area contributed by atoms with Gasteiger partial charge in [-0.1, -0.05) is 0 Å². The summed E-state index contributed by atoms with van der Waals surface area (Å²) in [4.78, 5) is 0. The van der Waals surface area contributed by atoms with Gasteiger partial charge in [0.25, 0.3) is 0 Å². The van der Waals surface area contributed by atoms with Crippen molar-refractivity contribution < 1.29 is 15.1 Å². The zero-order valence-electron chi connectivity index (χ0n) is 4.08. The molecule has 0 unspecified atom stereocenters. The molecule has 0 saturated carbocycles. The van der Waals surface area contributed by atoms with Crippen LogP contribution in [0.15, 0.2) is 0 Å². The van der Waals surface area contributed by atoms with Crippen LogP contribution >= 0.6 is 10.1 Å². The predicted octanol–water partition coefficient (Wildman–Crippen LogP) is 1.06. The Morgan fingerprint density at radius 2 is 1.57 bits per heavy atom. The fourth-order valence-corrected chi connectivity index (χ4v) is 0.625. The summed E-state index contributed by atoms with van der Waals surface area (Å²) in [6, 6.07) is 0. The van der Waals surface area contributed by atoms with Gasteiger partial charge in [-0.2, -0.15) is 0 Å². The van der Waals surface area contributed by atoms with E-state index < -0.39 is 0 Å². The van der Waals surface area contributed by atoms with Crippen molar-refractivity contribution in [3.63, 3.8) is 0 Å². The van der Waals surface area contributed by atoms with Crippen LogP contribution in [-0.2, 0) is 15.1 Å². The van der Waals surface area contributed by atoms with E-state index in [1.165, 1.54) is 25.9 Å². The molecule has 0 amide bonds. The number of hydrogen-bond donors (Lipinski definition) is 1. The van der Waals surface area contributed by atoms with Crippen molar-refractivity contribution in [1.29, 1.82) is 0 Å². The van der Waals surface area contributed by atoms with Crippen molar-refractivity contribution in [2.45, 2.75) is 12.8 Å². The first kappa shape index (κ1) is 7.77. The fraction of sp³-hybridized carbons (Fsp3) is 1.00. The summed E-state index contributed by atoms with van der Waals surface area (Å²) in [6.45, 7) is 2.50. The maximum atomic E-state index is 4.45. The first-order valence-corrected chi connectivity index (χ1v) is 3.97. The molecule has 1 fully saturated rings. The summed E-state index contributed by atoms with van der Waals surface area (Å²) in [5.74, 6) is 0. The number of nitrogens with one attached hydrogen (secondary N) is 1. The second kappa shape index (κ2) is 6.77. The van der Waals surface area contributed by atoms with Crippen molar-refractivity contribution in [2.24, 2.45) is 0 Å². The van der Waals surface area contributed by atoms with E-state index in [9.17, 15) is 0 Å². The summed E-state index contributed by atoms with van der Waals surface area (Å²) >= 11 is 2.41. The van der Waals surface area contributed by atoms with Crippen molar-refractivity contribution in [3.8, 4) is 0 Å². The van der Waals surface area contributed by atoms with Gasteiger partial charge in [-0.3, -0.25) is 0 Å². The van der Waals surface area contributed by atoms with Crippen LogP contribution in [0.5, 0.6) is 0 Å². The minimum absolute atomic E-state index is 1.25. The summed E-state index contributed by atoms with van der Waals surface area (Å²) in [5, 5.41) is 3.22. The summed E-state index contributed by atoms with van der Waals surface area (Å²) in [7, 11) is 4.45. The Kier molecular flexibility index (Phi) is 7.51. The molecule has 0 aromatic rings. The minimum atomic E-state index is 1.25. The number of hydrogen-bond acceptors (Lipinski definition) is 1. The van der Waals surface area contributed by atoms with Gasteiger partial charge < -0.3 is 5.32 Å². The van der Waals surface area contributed by atoms with E-state index in [0.29, 0.717) is 0 Å². The van der Waals surface area contributed by atoms with Gasteiger partial charge in [0.15, 0.2) is 0 Å². The van der Waals surface area contributed by atoms with E-state index in [-0.39, 0.29) is 0 Å². The van der Waals surface area contributed by atoms with Gasteiger partial charge in [0.05, 0.1) is 0 Å². The molecule has 0 aromatic carbocycles. The standard InChI is InChI=1S/C4H9N.ClH.Mn/c1-2-4-5-3-1;;/h5H,1-4H2;1H;/q;;+1/p-1. The molecule has 0 radical (unpaired) electrons. The summed E-state index contributed by atoms with van der Waals surface area (Å²) in [5.41, 5.74) is 0. The van der Waals surface area contributed by atoms with Crippen LogP contribution in [0.3, 0.4) is 0 Å². The molecular weight excluding hydrogens is 152 g/mol. The van der Waals surface area contributed by atoms with Crippen molar-refractivity contribution in [3.05, 3.63) is 0 Å². The van der Waals surface area contributed by atoms with Crippen LogP contribution in [0.25, 0.3) is 0 Å². The third-order valence-electron chi connectivity index (χ3n) is 0.957. The Morgan fingerprint density at radius 3 is 1.71 bits per heavy atom. The molecule has 0 bridgehead atoms.